The third-order valence-corrected chi connectivity index (χ3v) is 6.68. The molecule has 3 rings (SSSR count). The molecule has 0 aliphatic carbocycles. The number of fused-ring (bicyclic) bond motifs is 1. The first kappa shape index (κ1) is 17.8. The van der Waals surface area contributed by atoms with E-state index in [1.54, 1.807) is 18.8 Å². The van der Waals surface area contributed by atoms with Gasteiger partial charge < -0.3 is 4.57 Å². The van der Waals surface area contributed by atoms with Gasteiger partial charge in [-0.25, -0.2) is 13.4 Å². The zero-order valence-electron chi connectivity index (χ0n) is 15.0. The number of aromatic nitrogens is 4. The second-order valence-electron chi connectivity index (χ2n) is 6.23. The monoisotopic (exact) mass is 365 g/mol. The maximum atomic E-state index is 13.3. The second kappa shape index (κ2) is 6.38. The number of sulfonamides is 1. The fourth-order valence-corrected chi connectivity index (χ4v) is 5.29. The highest BCUT2D eigenvalue weighted by Gasteiger charge is 2.35. The summed E-state index contributed by atoms with van der Waals surface area (Å²) in [5, 5.41) is 4.37. The molecular weight excluding hydrogens is 342 g/mol. The van der Waals surface area contributed by atoms with Gasteiger partial charge in [0.1, 0.15) is 4.90 Å². The highest BCUT2D eigenvalue weighted by Crippen LogP contribution is 2.28. The van der Waals surface area contributed by atoms with Gasteiger partial charge in [0, 0.05) is 26.2 Å². The Kier molecular flexibility index (Phi) is 4.54. The first-order valence-corrected chi connectivity index (χ1v) is 9.83. The van der Waals surface area contributed by atoms with Gasteiger partial charge in [-0.2, -0.15) is 9.40 Å². The van der Waals surface area contributed by atoms with E-state index < -0.39 is 10.0 Å². The van der Waals surface area contributed by atoms with Gasteiger partial charge in [0.05, 0.1) is 30.0 Å². The van der Waals surface area contributed by atoms with E-state index in [4.69, 9.17) is 0 Å². The third kappa shape index (κ3) is 2.81. The number of aryl methyl sites for hydroxylation is 3. The maximum Gasteiger partial charge on any atom is 0.256 e. The van der Waals surface area contributed by atoms with E-state index in [0.717, 1.165) is 0 Å². The minimum absolute atomic E-state index is 0.105. The number of rotatable bonds is 4. The van der Waals surface area contributed by atoms with Gasteiger partial charge in [-0.15, -0.1) is 0 Å². The average Bonchev–Trinajstić information content (AvgIpc) is 2.94. The summed E-state index contributed by atoms with van der Waals surface area (Å²) in [6.07, 6.45) is 2.95. The summed E-state index contributed by atoms with van der Waals surface area (Å²) in [6.45, 7) is 4.22. The Morgan fingerprint density at radius 1 is 1.20 bits per heavy atom. The standard InChI is InChI=1S/C16H23N5O3S/c1-5-12-15(14(6-2)20(4)18-12)25(23,24)21-8-7-11-13(9-21)17-10-19(3)16(11)22/h10H,5-9H2,1-4H3. The Morgan fingerprint density at radius 2 is 1.92 bits per heavy atom. The lowest BCUT2D eigenvalue weighted by atomic mass is 10.1. The van der Waals surface area contributed by atoms with E-state index >= 15 is 0 Å². The Bertz CT molecular complexity index is 974. The van der Waals surface area contributed by atoms with Crippen LogP contribution in [0.3, 0.4) is 0 Å². The highest BCUT2D eigenvalue weighted by atomic mass is 32.2. The van der Waals surface area contributed by atoms with E-state index in [2.05, 4.69) is 10.1 Å². The molecule has 0 unspecified atom stereocenters. The van der Waals surface area contributed by atoms with Crippen LogP contribution in [0.4, 0.5) is 0 Å². The third-order valence-electron chi connectivity index (χ3n) is 4.70. The normalized spacial score (nSPS) is 15.4. The second-order valence-corrected chi connectivity index (χ2v) is 8.10. The summed E-state index contributed by atoms with van der Waals surface area (Å²) in [6, 6.07) is 0. The summed E-state index contributed by atoms with van der Waals surface area (Å²) < 4.78 is 31.1. The molecule has 0 saturated carbocycles. The molecule has 2 aromatic rings. The van der Waals surface area contributed by atoms with Gasteiger partial charge in [0.2, 0.25) is 10.0 Å². The van der Waals surface area contributed by atoms with Crippen LogP contribution in [0.1, 0.15) is 36.5 Å². The van der Waals surface area contributed by atoms with Crippen molar-refractivity contribution in [3.8, 4) is 0 Å². The molecule has 1 aliphatic rings. The number of hydrogen-bond donors (Lipinski definition) is 0. The minimum Gasteiger partial charge on any atom is -0.302 e. The molecule has 3 heterocycles. The van der Waals surface area contributed by atoms with Crippen molar-refractivity contribution in [2.24, 2.45) is 14.1 Å². The maximum absolute atomic E-state index is 13.3. The number of hydrogen-bond acceptors (Lipinski definition) is 5. The first-order chi connectivity index (χ1) is 11.8. The molecule has 9 heteroatoms. The largest absolute Gasteiger partial charge is 0.302 e. The number of nitrogens with zero attached hydrogens (tertiary/aromatic N) is 5. The van der Waals surface area contributed by atoms with E-state index in [1.165, 1.54) is 15.2 Å². The molecule has 0 spiro atoms. The molecule has 0 aromatic carbocycles. The van der Waals surface area contributed by atoms with Crippen LogP contribution < -0.4 is 5.56 Å². The van der Waals surface area contributed by atoms with Gasteiger partial charge >= 0.3 is 0 Å². The molecule has 0 atom stereocenters. The molecule has 1 aliphatic heterocycles. The predicted molar refractivity (Wildman–Crippen MR) is 92.7 cm³/mol. The molecular formula is C16H23N5O3S. The quantitative estimate of drug-likeness (QED) is 0.782. The Labute approximate surface area is 147 Å². The lowest BCUT2D eigenvalue weighted by Gasteiger charge is -2.27. The fourth-order valence-electron chi connectivity index (χ4n) is 3.35. The zero-order chi connectivity index (χ0) is 18.4. The fraction of sp³-hybridized carbons (Fsp3) is 0.562. The Balaban J connectivity index is 2.05. The summed E-state index contributed by atoms with van der Waals surface area (Å²) >= 11 is 0. The summed E-state index contributed by atoms with van der Waals surface area (Å²) in [5.74, 6) is 0. The van der Waals surface area contributed by atoms with Gasteiger partial charge in [0.25, 0.3) is 5.56 Å². The van der Waals surface area contributed by atoms with E-state index in [9.17, 15) is 13.2 Å². The van der Waals surface area contributed by atoms with Crippen molar-refractivity contribution in [2.75, 3.05) is 6.54 Å². The van der Waals surface area contributed by atoms with Crippen LogP contribution in [-0.2, 0) is 49.9 Å². The zero-order valence-corrected chi connectivity index (χ0v) is 15.8. The lowest BCUT2D eigenvalue weighted by molar-refractivity contribution is 0.381. The smallest absolute Gasteiger partial charge is 0.256 e. The molecule has 0 N–H and O–H groups in total. The van der Waals surface area contributed by atoms with Gasteiger partial charge in [0.15, 0.2) is 0 Å². The van der Waals surface area contributed by atoms with Crippen LogP contribution in [0.15, 0.2) is 16.0 Å². The molecule has 8 nitrogen and oxygen atoms in total. The topological polar surface area (TPSA) is 90.1 Å². The highest BCUT2D eigenvalue weighted by molar-refractivity contribution is 7.89. The van der Waals surface area contributed by atoms with E-state index in [-0.39, 0.29) is 18.6 Å². The molecule has 136 valence electrons. The van der Waals surface area contributed by atoms with Crippen LogP contribution in [0.2, 0.25) is 0 Å². The van der Waals surface area contributed by atoms with E-state index in [0.29, 0.717) is 46.8 Å². The van der Waals surface area contributed by atoms with Crippen molar-refractivity contribution >= 4 is 10.0 Å². The van der Waals surface area contributed by atoms with Crippen molar-refractivity contribution in [3.05, 3.63) is 39.3 Å². The molecule has 0 amide bonds. The molecule has 0 saturated heterocycles. The van der Waals surface area contributed by atoms with Gasteiger partial charge in [-0.1, -0.05) is 13.8 Å². The Morgan fingerprint density at radius 3 is 2.56 bits per heavy atom. The van der Waals surface area contributed by atoms with Crippen LogP contribution in [0, 0.1) is 0 Å². The van der Waals surface area contributed by atoms with Crippen molar-refractivity contribution in [1.82, 2.24) is 23.6 Å². The SMILES string of the molecule is CCc1nn(C)c(CC)c1S(=O)(=O)N1CCc2c(ncn(C)c2=O)C1. The van der Waals surface area contributed by atoms with Crippen molar-refractivity contribution in [3.63, 3.8) is 0 Å². The molecule has 0 bridgehead atoms. The van der Waals surface area contributed by atoms with Crippen molar-refractivity contribution in [1.29, 1.82) is 0 Å². The minimum atomic E-state index is -3.69. The van der Waals surface area contributed by atoms with Gasteiger partial charge in [-0.05, 0) is 19.3 Å². The Hall–Kier alpha value is -2.00. The predicted octanol–water partition coefficient (Wildman–Crippen LogP) is 0.386. The van der Waals surface area contributed by atoms with Crippen LogP contribution >= 0.6 is 0 Å². The molecule has 0 fully saturated rings. The van der Waals surface area contributed by atoms with Crippen LogP contribution in [0.5, 0.6) is 0 Å². The summed E-state index contributed by atoms with van der Waals surface area (Å²) in [5.41, 5.74) is 2.33. The van der Waals surface area contributed by atoms with E-state index in [1.807, 2.05) is 13.8 Å². The van der Waals surface area contributed by atoms with Crippen LogP contribution in [0.25, 0.3) is 0 Å². The lowest BCUT2D eigenvalue weighted by Crippen LogP contribution is -2.40. The summed E-state index contributed by atoms with van der Waals surface area (Å²) in [7, 11) is -0.271. The molecule has 25 heavy (non-hydrogen) atoms. The average molecular weight is 365 g/mol. The molecule has 0 radical (unpaired) electrons. The van der Waals surface area contributed by atoms with Crippen molar-refractivity contribution in [2.45, 2.75) is 44.6 Å². The first-order valence-electron chi connectivity index (χ1n) is 8.39. The van der Waals surface area contributed by atoms with Crippen molar-refractivity contribution < 1.29 is 8.42 Å². The van der Waals surface area contributed by atoms with Gasteiger partial charge in [-0.3, -0.25) is 9.48 Å². The summed E-state index contributed by atoms with van der Waals surface area (Å²) in [4.78, 5) is 16.8. The molecule has 2 aromatic heterocycles. The van der Waals surface area contributed by atoms with Crippen LogP contribution in [-0.4, -0.2) is 38.6 Å².